The molecular weight excluding hydrogens is 366 g/mol. The average molecular weight is 373 g/mol. The third kappa shape index (κ3) is 3.85. The Morgan fingerprint density at radius 3 is 2.32 bits per heavy atom. The lowest BCUT2D eigenvalue weighted by molar-refractivity contribution is -0.144. The van der Waals surface area contributed by atoms with Gasteiger partial charge in [-0.25, -0.2) is 9.97 Å². The van der Waals surface area contributed by atoms with Crippen LogP contribution in [0.5, 0.6) is 5.75 Å². The predicted octanol–water partition coefficient (Wildman–Crippen LogP) is 5.21. The van der Waals surface area contributed by atoms with Crippen LogP contribution in [0.4, 0.5) is 24.7 Å². The molecule has 1 aromatic heterocycles. The van der Waals surface area contributed by atoms with E-state index in [4.69, 9.17) is 39.5 Å². The van der Waals surface area contributed by atoms with Crippen molar-refractivity contribution < 1.29 is 17.9 Å². The van der Waals surface area contributed by atoms with Gasteiger partial charge >= 0.3 is 6.18 Å². The minimum Gasteiger partial charge on any atom is -0.495 e. The Kier molecular flexibility index (Phi) is 4.89. The van der Waals surface area contributed by atoms with Crippen molar-refractivity contribution in [1.29, 1.82) is 0 Å². The first-order valence-electron chi connectivity index (χ1n) is 5.62. The number of halogens is 6. The SMILES string of the molecule is COc1cc(Nc2cc(Cl)nc(C(F)(F)F)n2)c(Cl)cc1Cl. The monoisotopic (exact) mass is 371 g/mol. The smallest absolute Gasteiger partial charge is 0.451 e. The zero-order valence-corrected chi connectivity index (χ0v) is 13.1. The zero-order chi connectivity index (χ0) is 16.5. The van der Waals surface area contributed by atoms with Crippen molar-refractivity contribution in [3.8, 4) is 5.75 Å². The molecule has 10 heteroatoms. The minimum atomic E-state index is -4.72. The maximum atomic E-state index is 12.7. The second-order valence-electron chi connectivity index (χ2n) is 3.99. The highest BCUT2D eigenvalue weighted by Crippen LogP contribution is 2.36. The predicted molar refractivity (Wildman–Crippen MR) is 78.3 cm³/mol. The summed E-state index contributed by atoms with van der Waals surface area (Å²) in [6.07, 6.45) is -4.72. The van der Waals surface area contributed by atoms with E-state index in [9.17, 15) is 13.2 Å². The molecule has 0 fully saturated rings. The van der Waals surface area contributed by atoms with Crippen molar-refractivity contribution in [1.82, 2.24) is 9.97 Å². The largest absolute Gasteiger partial charge is 0.495 e. The number of aromatic nitrogens is 2. The normalized spacial score (nSPS) is 11.4. The van der Waals surface area contributed by atoms with E-state index in [-0.39, 0.29) is 26.7 Å². The van der Waals surface area contributed by atoms with Gasteiger partial charge in [0.25, 0.3) is 0 Å². The van der Waals surface area contributed by atoms with Crippen molar-refractivity contribution in [2.75, 3.05) is 12.4 Å². The van der Waals surface area contributed by atoms with Crippen LogP contribution in [-0.2, 0) is 6.18 Å². The summed E-state index contributed by atoms with van der Waals surface area (Å²) >= 11 is 17.4. The van der Waals surface area contributed by atoms with Crippen LogP contribution in [0.2, 0.25) is 15.2 Å². The molecule has 0 radical (unpaired) electrons. The van der Waals surface area contributed by atoms with Crippen LogP contribution in [0.25, 0.3) is 0 Å². The number of alkyl halides is 3. The Balaban J connectivity index is 2.41. The standard InChI is InChI=1S/C12H7Cl3F3N3O/c1-22-8-3-7(5(13)2-6(8)14)19-10-4-9(15)20-11(21-10)12(16,17)18/h2-4H,1H3,(H,19,20,21). The Morgan fingerprint density at radius 1 is 1.05 bits per heavy atom. The van der Waals surface area contributed by atoms with Gasteiger partial charge in [0.1, 0.15) is 16.7 Å². The Bertz CT molecular complexity index is 710. The van der Waals surface area contributed by atoms with Crippen LogP contribution in [0.1, 0.15) is 5.82 Å². The van der Waals surface area contributed by atoms with Gasteiger partial charge in [-0.05, 0) is 6.07 Å². The fourth-order valence-electron chi connectivity index (χ4n) is 1.53. The molecule has 1 aromatic carbocycles. The van der Waals surface area contributed by atoms with E-state index in [1.54, 1.807) is 0 Å². The van der Waals surface area contributed by atoms with Crippen LogP contribution < -0.4 is 10.1 Å². The summed E-state index contributed by atoms with van der Waals surface area (Å²) in [5, 5.41) is 2.70. The molecule has 0 aliphatic carbocycles. The summed E-state index contributed by atoms with van der Waals surface area (Å²) in [6.45, 7) is 0. The van der Waals surface area contributed by atoms with Gasteiger partial charge in [0, 0.05) is 12.1 Å². The highest BCUT2D eigenvalue weighted by molar-refractivity contribution is 6.37. The van der Waals surface area contributed by atoms with Crippen LogP contribution in [0, 0.1) is 0 Å². The number of rotatable bonds is 3. The number of anilines is 2. The lowest BCUT2D eigenvalue weighted by Crippen LogP contribution is -2.12. The summed E-state index contributed by atoms with van der Waals surface area (Å²) in [5.74, 6) is -1.23. The van der Waals surface area contributed by atoms with Gasteiger partial charge in [0.2, 0.25) is 5.82 Å². The first-order chi connectivity index (χ1) is 10.2. The molecule has 0 spiro atoms. The Morgan fingerprint density at radius 2 is 1.73 bits per heavy atom. The van der Waals surface area contributed by atoms with Gasteiger partial charge in [-0.3, -0.25) is 0 Å². The second-order valence-corrected chi connectivity index (χ2v) is 5.19. The van der Waals surface area contributed by atoms with Gasteiger partial charge in [-0.1, -0.05) is 34.8 Å². The maximum Gasteiger partial charge on any atom is 0.451 e. The third-order valence-corrected chi connectivity index (χ3v) is 3.25. The molecule has 118 valence electrons. The van der Waals surface area contributed by atoms with E-state index in [0.717, 1.165) is 6.07 Å². The third-order valence-electron chi connectivity index (χ3n) is 2.45. The molecule has 0 bridgehead atoms. The summed E-state index contributed by atoms with van der Waals surface area (Å²) < 4.78 is 43.0. The summed E-state index contributed by atoms with van der Waals surface area (Å²) in [6, 6.07) is 3.94. The van der Waals surface area contributed by atoms with Crippen LogP contribution in [0.15, 0.2) is 18.2 Å². The van der Waals surface area contributed by atoms with Crippen molar-refractivity contribution in [3.05, 3.63) is 39.2 Å². The van der Waals surface area contributed by atoms with Gasteiger partial charge in [-0.15, -0.1) is 0 Å². The van der Waals surface area contributed by atoms with E-state index in [1.165, 1.54) is 19.2 Å². The molecule has 4 nitrogen and oxygen atoms in total. The number of benzene rings is 1. The highest BCUT2D eigenvalue weighted by Gasteiger charge is 2.35. The Hall–Kier alpha value is -1.44. The van der Waals surface area contributed by atoms with E-state index in [2.05, 4.69) is 15.3 Å². The molecule has 0 aliphatic heterocycles. The number of hydrogen-bond acceptors (Lipinski definition) is 4. The number of nitrogens with zero attached hydrogens (tertiary/aromatic N) is 2. The molecule has 0 saturated carbocycles. The zero-order valence-electron chi connectivity index (χ0n) is 10.8. The van der Waals surface area contributed by atoms with Gasteiger partial charge in [0.15, 0.2) is 0 Å². The van der Waals surface area contributed by atoms with Crippen molar-refractivity contribution in [2.45, 2.75) is 6.18 Å². The van der Waals surface area contributed by atoms with Gasteiger partial charge in [-0.2, -0.15) is 13.2 Å². The lowest BCUT2D eigenvalue weighted by atomic mass is 10.3. The topological polar surface area (TPSA) is 47.0 Å². The first kappa shape index (κ1) is 16.9. The van der Waals surface area contributed by atoms with E-state index >= 15 is 0 Å². The highest BCUT2D eigenvalue weighted by atomic mass is 35.5. The van der Waals surface area contributed by atoms with Gasteiger partial charge < -0.3 is 10.1 Å². The fourth-order valence-corrected chi connectivity index (χ4v) is 2.22. The summed E-state index contributed by atoms with van der Waals surface area (Å²) in [7, 11) is 1.39. The molecule has 2 aromatic rings. The number of ether oxygens (including phenoxy) is 1. The molecule has 1 N–H and O–H groups in total. The number of methoxy groups -OCH3 is 1. The van der Waals surface area contributed by atoms with Crippen LogP contribution in [-0.4, -0.2) is 17.1 Å². The molecule has 22 heavy (non-hydrogen) atoms. The van der Waals surface area contributed by atoms with E-state index < -0.39 is 12.0 Å². The lowest BCUT2D eigenvalue weighted by Gasteiger charge is -2.12. The number of hydrogen-bond donors (Lipinski definition) is 1. The molecular formula is C12H7Cl3F3N3O. The quantitative estimate of drug-likeness (QED) is 0.752. The fraction of sp³-hybridized carbons (Fsp3) is 0.167. The minimum absolute atomic E-state index is 0.168. The van der Waals surface area contributed by atoms with Crippen molar-refractivity contribution in [2.24, 2.45) is 0 Å². The molecule has 2 rings (SSSR count). The summed E-state index contributed by atoms with van der Waals surface area (Å²) in [4.78, 5) is 6.48. The molecule has 0 unspecified atom stereocenters. The van der Waals surface area contributed by atoms with Crippen LogP contribution >= 0.6 is 34.8 Å². The van der Waals surface area contributed by atoms with Gasteiger partial charge in [0.05, 0.1) is 22.8 Å². The van der Waals surface area contributed by atoms with Crippen molar-refractivity contribution in [3.63, 3.8) is 0 Å². The molecule has 0 aliphatic rings. The molecule has 0 amide bonds. The number of nitrogens with one attached hydrogen (secondary N) is 1. The average Bonchev–Trinajstić information content (AvgIpc) is 2.40. The maximum absolute atomic E-state index is 12.7. The molecule has 0 saturated heterocycles. The summed E-state index contributed by atoms with van der Waals surface area (Å²) in [5.41, 5.74) is 0.255. The first-order valence-corrected chi connectivity index (χ1v) is 6.76. The van der Waals surface area contributed by atoms with Crippen molar-refractivity contribution >= 4 is 46.3 Å². The molecule has 1 heterocycles. The Labute approximate surface area is 138 Å². The van der Waals surface area contributed by atoms with E-state index in [0.29, 0.717) is 5.75 Å². The van der Waals surface area contributed by atoms with Crippen LogP contribution in [0.3, 0.4) is 0 Å². The van der Waals surface area contributed by atoms with E-state index in [1.807, 2.05) is 0 Å². The molecule has 0 atom stereocenters. The second kappa shape index (κ2) is 6.36.